The zero-order chi connectivity index (χ0) is 11.5. The van der Waals surface area contributed by atoms with Crippen molar-refractivity contribution >= 4 is 17.3 Å². The van der Waals surface area contributed by atoms with E-state index in [1.165, 1.54) is 6.07 Å². The molecular weight excluding hydrogens is 226 g/mol. The van der Waals surface area contributed by atoms with Gasteiger partial charge in [0.2, 0.25) is 0 Å². The first-order chi connectivity index (χ1) is 7.68. The zero-order valence-corrected chi connectivity index (χ0v) is 8.94. The normalized spacial score (nSPS) is 10.1. The Morgan fingerprint density at radius 2 is 1.88 bits per heavy atom. The molecule has 1 radical (unpaired) electrons. The minimum Gasteiger partial charge on any atom is -0.258 e. The van der Waals surface area contributed by atoms with Crippen LogP contribution in [0.3, 0.4) is 0 Å². The van der Waals surface area contributed by atoms with E-state index in [0.717, 1.165) is 5.56 Å². The van der Waals surface area contributed by atoms with Crippen LogP contribution >= 0.6 is 11.6 Å². The lowest BCUT2D eigenvalue weighted by Gasteiger charge is -2.02. The molecule has 0 amide bonds. The maximum Gasteiger partial charge on any atom is 0.285 e. The highest BCUT2D eigenvalue weighted by molar-refractivity contribution is 6.30. The molecule has 0 saturated heterocycles. The van der Waals surface area contributed by atoms with Crippen LogP contribution in [0.25, 0.3) is 11.1 Å². The smallest absolute Gasteiger partial charge is 0.258 e. The van der Waals surface area contributed by atoms with E-state index in [4.69, 9.17) is 11.6 Å². The Morgan fingerprint density at radius 3 is 2.50 bits per heavy atom. The van der Waals surface area contributed by atoms with Crippen molar-refractivity contribution in [2.24, 2.45) is 0 Å². The van der Waals surface area contributed by atoms with Gasteiger partial charge >= 0.3 is 0 Å². The van der Waals surface area contributed by atoms with Gasteiger partial charge in [0.05, 0.1) is 16.6 Å². The van der Waals surface area contributed by atoms with Gasteiger partial charge in [0, 0.05) is 5.02 Å². The fraction of sp³-hybridized carbons (Fsp3) is 0. The molecule has 0 fully saturated rings. The first kappa shape index (κ1) is 10.6. The Kier molecular flexibility index (Phi) is 2.88. The molecule has 0 aromatic heterocycles. The van der Waals surface area contributed by atoms with Crippen molar-refractivity contribution in [1.29, 1.82) is 0 Å². The van der Waals surface area contributed by atoms with Gasteiger partial charge in [-0.3, -0.25) is 10.1 Å². The van der Waals surface area contributed by atoms with Crippen LogP contribution in [-0.4, -0.2) is 4.92 Å². The molecule has 0 aliphatic rings. The summed E-state index contributed by atoms with van der Waals surface area (Å²) in [4.78, 5) is 10.4. The average molecular weight is 233 g/mol. The van der Waals surface area contributed by atoms with Crippen LogP contribution in [0.4, 0.5) is 5.69 Å². The number of benzene rings is 2. The maximum absolute atomic E-state index is 10.8. The van der Waals surface area contributed by atoms with Crippen molar-refractivity contribution in [3.63, 3.8) is 0 Å². The first-order valence-corrected chi connectivity index (χ1v) is 4.97. The minimum atomic E-state index is -0.441. The third kappa shape index (κ3) is 2.04. The van der Waals surface area contributed by atoms with Crippen molar-refractivity contribution in [1.82, 2.24) is 0 Å². The summed E-state index contributed by atoms with van der Waals surface area (Å²) < 4.78 is 0. The van der Waals surface area contributed by atoms with Crippen molar-refractivity contribution in [3.8, 4) is 11.1 Å². The highest BCUT2D eigenvalue weighted by atomic mass is 35.5. The molecule has 79 valence electrons. The summed E-state index contributed by atoms with van der Waals surface area (Å²) in [6.07, 6.45) is 0. The van der Waals surface area contributed by atoms with Crippen LogP contribution < -0.4 is 0 Å². The molecule has 0 atom stereocenters. The second kappa shape index (κ2) is 4.33. The van der Waals surface area contributed by atoms with Crippen LogP contribution in [0, 0.1) is 16.2 Å². The van der Waals surface area contributed by atoms with E-state index in [0.29, 0.717) is 10.6 Å². The van der Waals surface area contributed by atoms with E-state index >= 15 is 0 Å². The molecule has 0 N–H and O–H groups in total. The number of nitro benzene ring substituents is 1. The molecule has 0 unspecified atom stereocenters. The van der Waals surface area contributed by atoms with Crippen LogP contribution in [-0.2, 0) is 0 Å². The van der Waals surface area contributed by atoms with Crippen molar-refractivity contribution in [2.45, 2.75) is 0 Å². The number of halogens is 1. The van der Waals surface area contributed by atoms with Gasteiger partial charge in [-0.25, -0.2) is 0 Å². The molecule has 2 rings (SSSR count). The molecule has 0 heterocycles. The van der Waals surface area contributed by atoms with Crippen LogP contribution in [0.5, 0.6) is 0 Å². The topological polar surface area (TPSA) is 43.1 Å². The Morgan fingerprint density at radius 1 is 1.19 bits per heavy atom. The standard InChI is InChI=1S/C12H7ClNO2/c13-10-7-5-9(6-8-10)11-3-1-2-4-12(11)14(15)16/h1-3,5-8H. The second-order valence-electron chi connectivity index (χ2n) is 3.20. The van der Waals surface area contributed by atoms with Gasteiger partial charge in [-0.1, -0.05) is 29.8 Å². The molecule has 4 heteroatoms. The summed E-state index contributed by atoms with van der Waals surface area (Å²) in [6, 6.07) is 14.5. The van der Waals surface area contributed by atoms with Crippen molar-refractivity contribution in [3.05, 3.63) is 63.7 Å². The number of para-hydroxylation sites is 1. The summed E-state index contributed by atoms with van der Waals surface area (Å²) in [5, 5.41) is 11.4. The van der Waals surface area contributed by atoms with E-state index in [9.17, 15) is 10.1 Å². The molecule has 0 bridgehead atoms. The number of rotatable bonds is 2. The quantitative estimate of drug-likeness (QED) is 0.585. The van der Waals surface area contributed by atoms with Gasteiger partial charge < -0.3 is 0 Å². The highest BCUT2D eigenvalue weighted by Gasteiger charge is 2.13. The number of nitro groups is 1. The van der Waals surface area contributed by atoms with Crippen LogP contribution in [0.2, 0.25) is 5.02 Å². The Labute approximate surface area is 97.4 Å². The maximum atomic E-state index is 10.8. The summed E-state index contributed by atoms with van der Waals surface area (Å²) in [5.74, 6) is 0. The minimum absolute atomic E-state index is 0.0233. The Hall–Kier alpha value is -1.87. The molecule has 16 heavy (non-hydrogen) atoms. The van der Waals surface area contributed by atoms with E-state index < -0.39 is 4.92 Å². The molecule has 0 spiro atoms. The highest BCUT2D eigenvalue weighted by Crippen LogP contribution is 2.29. The fourth-order valence-corrected chi connectivity index (χ4v) is 1.57. The van der Waals surface area contributed by atoms with E-state index in [1.54, 1.807) is 36.4 Å². The van der Waals surface area contributed by atoms with Gasteiger partial charge in [-0.2, -0.15) is 0 Å². The summed E-state index contributed by atoms with van der Waals surface area (Å²) in [7, 11) is 0. The molecule has 2 aromatic rings. The lowest BCUT2D eigenvalue weighted by Crippen LogP contribution is -1.91. The average Bonchev–Trinajstić information content (AvgIpc) is 2.30. The van der Waals surface area contributed by atoms with Crippen molar-refractivity contribution in [2.75, 3.05) is 0 Å². The predicted molar refractivity (Wildman–Crippen MR) is 62.4 cm³/mol. The number of hydrogen-bond donors (Lipinski definition) is 0. The van der Waals surface area contributed by atoms with E-state index in [-0.39, 0.29) is 5.69 Å². The SMILES string of the molecule is O=[N+]([O-])c1[c]cccc1-c1ccc(Cl)cc1. The molecule has 2 aromatic carbocycles. The fourth-order valence-electron chi connectivity index (χ4n) is 1.44. The zero-order valence-electron chi connectivity index (χ0n) is 8.18. The molecular formula is C12H7ClNO2. The lowest BCUT2D eigenvalue weighted by atomic mass is 10.0. The van der Waals surface area contributed by atoms with Crippen LogP contribution in [0.1, 0.15) is 0 Å². The van der Waals surface area contributed by atoms with Gasteiger partial charge in [-0.05, 0) is 29.8 Å². The van der Waals surface area contributed by atoms with Gasteiger partial charge in [0.25, 0.3) is 5.69 Å². The summed E-state index contributed by atoms with van der Waals surface area (Å²) in [5.41, 5.74) is 1.28. The molecule has 3 nitrogen and oxygen atoms in total. The van der Waals surface area contributed by atoms with Gasteiger partial charge in [0.1, 0.15) is 0 Å². The van der Waals surface area contributed by atoms with Crippen LogP contribution in [0.15, 0.2) is 42.5 Å². The summed E-state index contributed by atoms with van der Waals surface area (Å²) in [6.45, 7) is 0. The Bertz CT molecular complexity index is 523. The van der Waals surface area contributed by atoms with Gasteiger partial charge in [-0.15, -0.1) is 0 Å². The summed E-state index contributed by atoms with van der Waals surface area (Å²) >= 11 is 5.76. The van der Waals surface area contributed by atoms with E-state index in [1.807, 2.05) is 0 Å². The van der Waals surface area contributed by atoms with Gasteiger partial charge in [0.15, 0.2) is 0 Å². The Balaban J connectivity index is 2.55. The first-order valence-electron chi connectivity index (χ1n) is 4.59. The number of hydrogen-bond acceptors (Lipinski definition) is 2. The number of nitrogens with zero attached hydrogens (tertiary/aromatic N) is 1. The third-order valence-electron chi connectivity index (χ3n) is 2.17. The largest absolute Gasteiger partial charge is 0.285 e. The van der Waals surface area contributed by atoms with E-state index in [2.05, 4.69) is 6.07 Å². The third-order valence-corrected chi connectivity index (χ3v) is 2.42. The molecule has 0 saturated carbocycles. The molecule has 0 aliphatic carbocycles. The van der Waals surface area contributed by atoms with Crippen molar-refractivity contribution < 1.29 is 4.92 Å². The molecule has 0 aliphatic heterocycles. The predicted octanol–water partition coefficient (Wildman–Crippen LogP) is 3.72. The monoisotopic (exact) mass is 232 g/mol. The second-order valence-corrected chi connectivity index (χ2v) is 3.63. The lowest BCUT2D eigenvalue weighted by molar-refractivity contribution is -0.384.